The van der Waals surface area contributed by atoms with Crippen molar-refractivity contribution in [3.05, 3.63) is 84.7 Å². The number of thioether (sulfide) groups is 1. The van der Waals surface area contributed by atoms with Gasteiger partial charge in [-0.05, 0) is 36.4 Å². The Morgan fingerprint density at radius 3 is 2.43 bits per heavy atom. The summed E-state index contributed by atoms with van der Waals surface area (Å²) in [4.78, 5) is 8.04. The number of methoxy groups -OCH3 is 1. The van der Waals surface area contributed by atoms with Crippen LogP contribution >= 0.6 is 11.8 Å². The number of aromatic nitrogens is 5. The Balaban J connectivity index is 1.51. The minimum atomic E-state index is 0.664. The van der Waals surface area contributed by atoms with Crippen molar-refractivity contribution in [1.82, 2.24) is 24.7 Å². The molecule has 0 unspecified atom stereocenters. The maximum absolute atomic E-state index is 5.31. The standard InChI is InChI=1S/C23H19N5OS/c1-29-18-13-11-17(12-14-18)28-22(16-7-3-2-4-8-16)26-27-23(28)30-15-21-24-19-9-5-6-10-20(19)25-21/h2-14H,15H2,1H3,(H,24,25). The molecule has 0 atom stereocenters. The lowest BCUT2D eigenvalue weighted by Gasteiger charge is -2.11. The fourth-order valence-electron chi connectivity index (χ4n) is 3.31. The highest BCUT2D eigenvalue weighted by Gasteiger charge is 2.17. The van der Waals surface area contributed by atoms with Crippen LogP contribution in [0.5, 0.6) is 5.75 Å². The molecule has 0 radical (unpaired) electrons. The van der Waals surface area contributed by atoms with Gasteiger partial charge in [-0.25, -0.2) is 4.98 Å². The zero-order valence-corrected chi connectivity index (χ0v) is 17.1. The van der Waals surface area contributed by atoms with E-state index in [1.165, 1.54) is 0 Å². The molecule has 0 amide bonds. The van der Waals surface area contributed by atoms with E-state index in [0.717, 1.165) is 44.8 Å². The highest BCUT2D eigenvalue weighted by molar-refractivity contribution is 7.98. The molecule has 2 aromatic heterocycles. The zero-order valence-electron chi connectivity index (χ0n) is 16.3. The first-order chi connectivity index (χ1) is 14.8. The summed E-state index contributed by atoms with van der Waals surface area (Å²) in [5, 5.41) is 9.78. The van der Waals surface area contributed by atoms with Gasteiger partial charge in [-0.3, -0.25) is 4.57 Å². The first-order valence-electron chi connectivity index (χ1n) is 9.53. The Hall–Kier alpha value is -3.58. The second-order valence-electron chi connectivity index (χ2n) is 6.69. The summed E-state index contributed by atoms with van der Waals surface area (Å²) >= 11 is 1.60. The second kappa shape index (κ2) is 8.04. The van der Waals surface area contributed by atoms with Crippen molar-refractivity contribution in [1.29, 1.82) is 0 Å². The molecule has 6 nitrogen and oxygen atoms in total. The average Bonchev–Trinajstić information content (AvgIpc) is 3.42. The molecule has 30 heavy (non-hydrogen) atoms. The van der Waals surface area contributed by atoms with Crippen molar-refractivity contribution in [2.45, 2.75) is 10.9 Å². The number of hydrogen-bond acceptors (Lipinski definition) is 5. The summed E-state index contributed by atoms with van der Waals surface area (Å²) in [6.45, 7) is 0. The normalized spacial score (nSPS) is 11.1. The molecule has 0 saturated carbocycles. The molecule has 7 heteroatoms. The summed E-state index contributed by atoms with van der Waals surface area (Å²) in [7, 11) is 1.66. The van der Waals surface area contributed by atoms with Crippen LogP contribution in [-0.2, 0) is 5.75 Å². The number of nitrogens with zero attached hydrogens (tertiary/aromatic N) is 4. The molecule has 1 N–H and O–H groups in total. The van der Waals surface area contributed by atoms with Crippen molar-refractivity contribution in [2.75, 3.05) is 7.11 Å². The molecule has 5 aromatic rings. The molecule has 0 aliphatic rings. The van der Waals surface area contributed by atoms with Crippen LogP contribution in [0.1, 0.15) is 5.82 Å². The van der Waals surface area contributed by atoms with E-state index in [1.54, 1.807) is 18.9 Å². The number of aromatic amines is 1. The summed E-state index contributed by atoms with van der Waals surface area (Å²) in [6, 6.07) is 26.0. The monoisotopic (exact) mass is 413 g/mol. The maximum atomic E-state index is 5.31. The van der Waals surface area contributed by atoms with E-state index >= 15 is 0 Å². The number of H-pyrrole nitrogens is 1. The molecule has 0 saturated heterocycles. The van der Waals surface area contributed by atoms with E-state index < -0.39 is 0 Å². The van der Waals surface area contributed by atoms with Crippen LogP contribution in [-0.4, -0.2) is 31.8 Å². The molecule has 2 heterocycles. The Kier molecular flexibility index (Phi) is 4.94. The summed E-state index contributed by atoms with van der Waals surface area (Å²) < 4.78 is 7.38. The summed E-state index contributed by atoms with van der Waals surface area (Å²) in [5.74, 6) is 3.18. The third-order valence-corrected chi connectivity index (χ3v) is 5.71. The minimum absolute atomic E-state index is 0.664. The number of imidazole rings is 1. The number of para-hydroxylation sites is 2. The molecule has 0 bridgehead atoms. The van der Waals surface area contributed by atoms with E-state index in [-0.39, 0.29) is 0 Å². The van der Waals surface area contributed by atoms with Gasteiger partial charge in [0.2, 0.25) is 0 Å². The topological polar surface area (TPSA) is 68.6 Å². The van der Waals surface area contributed by atoms with Crippen molar-refractivity contribution >= 4 is 22.8 Å². The SMILES string of the molecule is COc1ccc(-n2c(SCc3nc4ccccc4[nH]3)nnc2-c2ccccc2)cc1. The Labute approximate surface area is 178 Å². The van der Waals surface area contributed by atoms with Gasteiger partial charge in [0.05, 0.1) is 23.9 Å². The highest BCUT2D eigenvalue weighted by atomic mass is 32.2. The number of benzene rings is 3. The van der Waals surface area contributed by atoms with E-state index in [9.17, 15) is 0 Å². The second-order valence-corrected chi connectivity index (χ2v) is 7.64. The van der Waals surface area contributed by atoms with Gasteiger partial charge in [-0.1, -0.05) is 54.2 Å². The predicted octanol–water partition coefficient (Wildman–Crippen LogP) is 5.11. The first-order valence-corrected chi connectivity index (χ1v) is 10.5. The molecule has 0 aliphatic heterocycles. The van der Waals surface area contributed by atoms with Gasteiger partial charge in [0.1, 0.15) is 11.6 Å². The van der Waals surface area contributed by atoms with E-state index in [2.05, 4.69) is 24.7 Å². The molecule has 148 valence electrons. The first kappa shape index (κ1) is 18.4. The molecule has 3 aromatic carbocycles. The number of hydrogen-bond donors (Lipinski definition) is 1. The number of rotatable bonds is 6. The molecule has 0 aliphatic carbocycles. The lowest BCUT2D eigenvalue weighted by Crippen LogP contribution is -2.00. The van der Waals surface area contributed by atoms with Gasteiger partial charge >= 0.3 is 0 Å². The third-order valence-electron chi connectivity index (χ3n) is 4.77. The van der Waals surface area contributed by atoms with E-state index in [4.69, 9.17) is 4.74 Å². The molecule has 0 spiro atoms. The van der Waals surface area contributed by atoms with Crippen LogP contribution in [0.25, 0.3) is 28.1 Å². The molecular weight excluding hydrogens is 394 g/mol. The van der Waals surface area contributed by atoms with Crippen molar-refractivity contribution < 1.29 is 4.74 Å². The largest absolute Gasteiger partial charge is 0.497 e. The van der Waals surface area contributed by atoms with Crippen LogP contribution in [0.15, 0.2) is 84.0 Å². The lowest BCUT2D eigenvalue weighted by molar-refractivity contribution is 0.414. The van der Waals surface area contributed by atoms with Crippen LogP contribution in [0.2, 0.25) is 0 Å². The predicted molar refractivity (Wildman–Crippen MR) is 119 cm³/mol. The van der Waals surface area contributed by atoms with Crippen molar-refractivity contribution in [3.8, 4) is 22.8 Å². The minimum Gasteiger partial charge on any atom is -0.497 e. The van der Waals surface area contributed by atoms with Crippen LogP contribution in [0.3, 0.4) is 0 Å². The maximum Gasteiger partial charge on any atom is 0.196 e. The van der Waals surface area contributed by atoms with E-state index in [0.29, 0.717) is 5.75 Å². The Morgan fingerprint density at radius 2 is 1.67 bits per heavy atom. The fraction of sp³-hybridized carbons (Fsp3) is 0.0870. The van der Waals surface area contributed by atoms with Crippen LogP contribution in [0, 0.1) is 0 Å². The Bertz CT molecular complexity index is 1250. The van der Waals surface area contributed by atoms with Crippen LogP contribution in [0.4, 0.5) is 0 Å². The lowest BCUT2D eigenvalue weighted by atomic mass is 10.2. The highest BCUT2D eigenvalue weighted by Crippen LogP contribution is 2.30. The number of nitrogens with one attached hydrogen (secondary N) is 1. The van der Waals surface area contributed by atoms with Gasteiger partial charge in [0, 0.05) is 11.3 Å². The van der Waals surface area contributed by atoms with Crippen molar-refractivity contribution in [2.24, 2.45) is 0 Å². The van der Waals surface area contributed by atoms with Gasteiger partial charge in [0.25, 0.3) is 0 Å². The fourth-order valence-corrected chi connectivity index (χ4v) is 4.13. The molecule has 5 rings (SSSR count). The summed E-state index contributed by atoms with van der Waals surface area (Å²) in [5.41, 5.74) is 3.99. The van der Waals surface area contributed by atoms with Crippen molar-refractivity contribution in [3.63, 3.8) is 0 Å². The van der Waals surface area contributed by atoms with Gasteiger partial charge in [-0.2, -0.15) is 0 Å². The quantitative estimate of drug-likeness (QED) is 0.392. The smallest absolute Gasteiger partial charge is 0.196 e. The van der Waals surface area contributed by atoms with Gasteiger partial charge in [0.15, 0.2) is 11.0 Å². The number of fused-ring (bicyclic) bond motifs is 1. The van der Waals surface area contributed by atoms with Gasteiger partial charge in [-0.15, -0.1) is 10.2 Å². The number of ether oxygens (including phenoxy) is 1. The molecule has 0 fully saturated rings. The summed E-state index contributed by atoms with van der Waals surface area (Å²) in [6.07, 6.45) is 0. The average molecular weight is 414 g/mol. The zero-order chi connectivity index (χ0) is 20.3. The van der Waals surface area contributed by atoms with Gasteiger partial charge < -0.3 is 9.72 Å². The van der Waals surface area contributed by atoms with Crippen LogP contribution < -0.4 is 4.74 Å². The van der Waals surface area contributed by atoms with E-state index in [1.807, 2.05) is 78.9 Å². The Morgan fingerprint density at radius 1 is 0.900 bits per heavy atom. The molecular formula is C23H19N5OS. The third kappa shape index (κ3) is 3.55.